The van der Waals surface area contributed by atoms with Gasteiger partial charge < -0.3 is 10.2 Å². The van der Waals surface area contributed by atoms with E-state index in [-0.39, 0.29) is 6.54 Å². The van der Waals surface area contributed by atoms with Crippen LogP contribution in [-0.2, 0) is 0 Å². The molecule has 0 saturated carbocycles. The van der Waals surface area contributed by atoms with Gasteiger partial charge in [0.15, 0.2) is 0 Å². The Bertz CT molecular complexity index is 334. The third kappa shape index (κ3) is 2.98. The topological polar surface area (TPSA) is 41.1 Å². The highest BCUT2D eigenvalue weighted by Crippen LogP contribution is 2.28. The van der Waals surface area contributed by atoms with Gasteiger partial charge in [-0.15, -0.1) is 0 Å². The van der Waals surface area contributed by atoms with E-state index in [0.29, 0.717) is 16.1 Å². The van der Waals surface area contributed by atoms with Crippen molar-refractivity contribution in [3.63, 3.8) is 0 Å². The van der Waals surface area contributed by atoms with Crippen molar-refractivity contribution in [2.24, 2.45) is 0 Å². The van der Waals surface area contributed by atoms with E-state index in [9.17, 15) is 8.78 Å². The van der Waals surface area contributed by atoms with Crippen LogP contribution in [0.2, 0.25) is 0 Å². The summed E-state index contributed by atoms with van der Waals surface area (Å²) in [6, 6.07) is 0. The minimum absolute atomic E-state index is 0.362. The van der Waals surface area contributed by atoms with Crippen molar-refractivity contribution in [1.82, 2.24) is 9.97 Å². The number of nitrogens with one attached hydrogen (secondary N) is 1. The van der Waals surface area contributed by atoms with E-state index in [1.807, 2.05) is 0 Å². The largest absolute Gasteiger partial charge is 0.372 e. The maximum Gasteiger partial charge on any atom is 0.255 e. The van der Waals surface area contributed by atoms with E-state index >= 15 is 0 Å². The van der Waals surface area contributed by atoms with Crippen molar-refractivity contribution < 1.29 is 8.78 Å². The van der Waals surface area contributed by atoms with Gasteiger partial charge in [-0.25, -0.2) is 18.7 Å². The van der Waals surface area contributed by atoms with Gasteiger partial charge in [0.25, 0.3) is 6.43 Å². The molecule has 0 aromatic carbocycles. The molecule has 4 nitrogen and oxygen atoms in total. The molecule has 0 unspecified atom stereocenters. The van der Waals surface area contributed by atoms with E-state index in [1.165, 1.54) is 11.2 Å². The van der Waals surface area contributed by atoms with Gasteiger partial charge >= 0.3 is 0 Å². The van der Waals surface area contributed by atoms with Crippen molar-refractivity contribution in [3.8, 4) is 0 Å². The van der Waals surface area contributed by atoms with Crippen LogP contribution in [0.15, 0.2) is 10.8 Å². The number of aromatic nitrogens is 2. The van der Waals surface area contributed by atoms with E-state index in [4.69, 9.17) is 0 Å². The van der Waals surface area contributed by atoms with Gasteiger partial charge in [0.2, 0.25) is 0 Å². The van der Waals surface area contributed by atoms with Crippen LogP contribution in [0.5, 0.6) is 0 Å². The molecule has 0 aliphatic carbocycles. The molecule has 84 valence electrons. The zero-order valence-electron chi connectivity index (χ0n) is 8.34. The number of hydrogen-bond acceptors (Lipinski definition) is 4. The van der Waals surface area contributed by atoms with Gasteiger partial charge in [0.1, 0.15) is 22.4 Å². The van der Waals surface area contributed by atoms with Crippen molar-refractivity contribution in [2.75, 3.05) is 30.9 Å². The van der Waals surface area contributed by atoms with Crippen molar-refractivity contribution in [2.45, 2.75) is 6.43 Å². The lowest BCUT2D eigenvalue weighted by Gasteiger charge is -2.19. The van der Waals surface area contributed by atoms with Gasteiger partial charge in [-0.2, -0.15) is 0 Å². The number of alkyl halides is 2. The minimum atomic E-state index is -2.39. The Kier molecular flexibility index (Phi) is 4.19. The lowest BCUT2D eigenvalue weighted by molar-refractivity contribution is 0.156. The molecule has 7 heteroatoms. The van der Waals surface area contributed by atoms with Gasteiger partial charge in [0.05, 0.1) is 6.54 Å². The first-order chi connectivity index (χ1) is 7.06. The molecule has 0 radical (unpaired) electrons. The number of nitrogens with zero attached hydrogens (tertiary/aromatic N) is 3. The molecular formula is C8H11BrF2N4. The first-order valence-electron chi connectivity index (χ1n) is 4.23. The van der Waals surface area contributed by atoms with E-state index < -0.39 is 6.43 Å². The van der Waals surface area contributed by atoms with Crippen LogP contribution in [0, 0.1) is 0 Å². The Hall–Kier alpha value is -0.980. The molecule has 0 amide bonds. The summed E-state index contributed by atoms with van der Waals surface area (Å²) in [5.41, 5.74) is 0. The molecule has 1 heterocycles. The fourth-order valence-corrected chi connectivity index (χ4v) is 1.80. The zero-order valence-corrected chi connectivity index (χ0v) is 9.92. The summed E-state index contributed by atoms with van der Waals surface area (Å²) in [4.78, 5) is 9.24. The molecule has 0 bridgehead atoms. The zero-order chi connectivity index (χ0) is 11.4. The van der Waals surface area contributed by atoms with Crippen LogP contribution in [0.4, 0.5) is 20.4 Å². The number of anilines is 2. The van der Waals surface area contributed by atoms with Crippen molar-refractivity contribution >= 4 is 27.6 Å². The molecule has 15 heavy (non-hydrogen) atoms. The molecule has 1 N–H and O–H groups in total. The predicted molar refractivity (Wildman–Crippen MR) is 58.6 cm³/mol. The molecular weight excluding hydrogens is 270 g/mol. The average molecular weight is 281 g/mol. The van der Waals surface area contributed by atoms with Crippen LogP contribution in [0.3, 0.4) is 0 Å². The van der Waals surface area contributed by atoms with Crippen molar-refractivity contribution in [1.29, 1.82) is 0 Å². The summed E-state index contributed by atoms with van der Waals surface area (Å²) < 4.78 is 24.9. The number of halogens is 3. The Morgan fingerprint density at radius 3 is 2.73 bits per heavy atom. The Morgan fingerprint density at radius 2 is 2.20 bits per heavy atom. The summed E-state index contributed by atoms with van der Waals surface area (Å²) in [7, 11) is 3.25. The second kappa shape index (κ2) is 5.20. The average Bonchev–Trinajstić information content (AvgIpc) is 2.17. The molecule has 1 aromatic heterocycles. The lowest BCUT2D eigenvalue weighted by Crippen LogP contribution is -2.25. The first-order valence-corrected chi connectivity index (χ1v) is 5.03. The van der Waals surface area contributed by atoms with E-state index in [0.717, 1.165) is 0 Å². The van der Waals surface area contributed by atoms with Crippen LogP contribution in [-0.4, -0.2) is 37.0 Å². The Labute approximate surface area is 94.8 Å². The molecule has 0 atom stereocenters. The molecule has 0 saturated heterocycles. The number of rotatable bonds is 4. The highest BCUT2D eigenvalue weighted by molar-refractivity contribution is 9.10. The standard InChI is InChI=1S/C8H11BrF2N4/c1-12-7-6(9)8(14-4-13-7)15(2)3-5(10)11/h4-5H,3H2,1-2H3,(H,12,13,14). The van der Waals surface area contributed by atoms with Crippen LogP contribution < -0.4 is 10.2 Å². The van der Waals surface area contributed by atoms with E-state index in [2.05, 4.69) is 31.2 Å². The second-order valence-electron chi connectivity index (χ2n) is 2.88. The normalized spacial score (nSPS) is 10.5. The lowest BCUT2D eigenvalue weighted by atomic mass is 10.4. The quantitative estimate of drug-likeness (QED) is 0.916. The van der Waals surface area contributed by atoms with E-state index in [1.54, 1.807) is 14.1 Å². The maximum absolute atomic E-state index is 12.2. The summed E-state index contributed by atoms with van der Waals surface area (Å²) >= 11 is 3.26. The first kappa shape index (κ1) is 12.1. The van der Waals surface area contributed by atoms with Gasteiger partial charge in [-0.05, 0) is 15.9 Å². The highest BCUT2D eigenvalue weighted by atomic mass is 79.9. The molecule has 1 rings (SSSR count). The molecule has 1 aromatic rings. The fraction of sp³-hybridized carbons (Fsp3) is 0.500. The third-order valence-corrected chi connectivity index (χ3v) is 2.51. The van der Waals surface area contributed by atoms with Gasteiger partial charge in [0, 0.05) is 14.1 Å². The Balaban J connectivity index is 2.93. The fourth-order valence-electron chi connectivity index (χ4n) is 1.09. The molecule has 0 fully saturated rings. The minimum Gasteiger partial charge on any atom is -0.372 e. The smallest absolute Gasteiger partial charge is 0.255 e. The van der Waals surface area contributed by atoms with Crippen LogP contribution in [0.25, 0.3) is 0 Å². The van der Waals surface area contributed by atoms with Gasteiger partial charge in [-0.3, -0.25) is 0 Å². The molecule has 0 spiro atoms. The number of hydrogen-bond donors (Lipinski definition) is 1. The van der Waals surface area contributed by atoms with Crippen LogP contribution in [0.1, 0.15) is 0 Å². The molecule has 0 aliphatic heterocycles. The Morgan fingerprint density at radius 1 is 1.53 bits per heavy atom. The summed E-state index contributed by atoms with van der Waals surface area (Å²) in [5.74, 6) is 1.01. The SMILES string of the molecule is CNc1ncnc(N(C)CC(F)F)c1Br. The predicted octanol–water partition coefficient (Wildman–Crippen LogP) is 1.98. The third-order valence-electron chi connectivity index (χ3n) is 1.78. The molecule has 0 aliphatic rings. The summed E-state index contributed by atoms with van der Waals surface area (Å²) in [5, 5.41) is 2.83. The monoisotopic (exact) mass is 280 g/mol. The van der Waals surface area contributed by atoms with Crippen molar-refractivity contribution in [3.05, 3.63) is 10.8 Å². The van der Waals surface area contributed by atoms with Crippen LogP contribution >= 0.6 is 15.9 Å². The highest BCUT2D eigenvalue weighted by Gasteiger charge is 2.14. The summed E-state index contributed by atoms with van der Waals surface area (Å²) in [6.07, 6.45) is -1.07. The summed E-state index contributed by atoms with van der Waals surface area (Å²) in [6.45, 7) is -0.362. The maximum atomic E-state index is 12.2. The van der Waals surface area contributed by atoms with Gasteiger partial charge in [-0.1, -0.05) is 0 Å². The second-order valence-corrected chi connectivity index (χ2v) is 3.67.